The summed E-state index contributed by atoms with van der Waals surface area (Å²) in [5.74, 6) is 1.84. The summed E-state index contributed by atoms with van der Waals surface area (Å²) in [4.78, 5) is 14.4. The third-order valence-corrected chi connectivity index (χ3v) is 5.97. The van der Waals surface area contributed by atoms with Gasteiger partial charge in [-0.3, -0.25) is 4.68 Å². The van der Waals surface area contributed by atoms with Gasteiger partial charge in [0.2, 0.25) is 0 Å². The third kappa shape index (κ3) is 2.16. The quantitative estimate of drug-likeness (QED) is 0.849. The Bertz CT molecular complexity index is 566. The number of aliphatic carboxylic acids is 1. The van der Waals surface area contributed by atoms with E-state index < -0.39 is 11.5 Å². The molecular weight excluding hydrogens is 280 g/mol. The second-order valence-electron chi connectivity index (χ2n) is 7.25. The molecule has 3 atom stereocenters. The first kappa shape index (κ1) is 14.2. The fraction of sp³-hybridized carbons (Fsp3) is 0.750. The van der Waals surface area contributed by atoms with Crippen molar-refractivity contribution >= 4 is 5.97 Å². The lowest BCUT2D eigenvalue weighted by molar-refractivity contribution is -0.151. The van der Waals surface area contributed by atoms with E-state index in [1.807, 2.05) is 13.1 Å². The predicted molar refractivity (Wildman–Crippen MR) is 81.6 cm³/mol. The van der Waals surface area contributed by atoms with Crippen LogP contribution >= 0.6 is 0 Å². The fourth-order valence-corrected chi connectivity index (χ4v) is 4.41. The molecule has 4 rings (SSSR count). The maximum atomic E-state index is 11.9. The second-order valence-corrected chi connectivity index (χ2v) is 7.25. The molecule has 0 amide bonds. The Labute approximate surface area is 130 Å². The third-order valence-electron chi connectivity index (χ3n) is 5.97. The highest BCUT2D eigenvalue weighted by Gasteiger charge is 2.53. The molecule has 6 heteroatoms. The van der Waals surface area contributed by atoms with E-state index in [2.05, 4.69) is 15.3 Å². The number of likely N-dealkylation sites (tertiary alicyclic amines) is 1. The molecule has 0 aromatic carbocycles. The molecule has 1 aliphatic carbocycles. The van der Waals surface area contributed by atoms with Crippen LogP contribution in [0.1, 0.15) is 18.4 Å². The molecule has 1 aromatic rings. The van der Waals surface area contributed by atoms with Crippen LogP contribution < -0.4 is 5.32 Å². The van der Waals surface area contributed by atoms with Crippen LogP contribution in [-0.2, 0) is 10.3 Å². The molecule has 1 aromatic heterocycles. The number of piperidine rings is 2. The number of fused-ring (bicyclic) bond motifs is 1. The molecule has 1 unspecified atom stereocenters. The topological polar surface area (TPSA) is 70.4 Å². The molecular formula is C16H24N4O2. The van der Waals surface area contributed by atoms with E-state index in [0.29, 0.717) is 12.8 Å². The summed E-state index contributed by atoms with van der Waals surface area (Å²) in [5.41, 5.74) is 0.160. The lowest BCUT2D eigenvalue weighted by Gasteiger charge is -2.39. The average molecular weight is 304 g/mol. The van der Waals surface area contributed by atoms with Gasteiger partial charge in [0.05, 0.1) is 6.20 Å². The van der Waals surface area contributed by atoms with Crippen molar-refractivity contribution in [3.05, 3.63) is 18.0 Å². The lowest BCUT2D eigenvalue weighted by Crippen LogP contribution is -2.51. The second kappa shape index (κ2) is 5.06. The number of aryl methyl sites for hydroxylation is 1. The van der Waals surface area contributed by atoms with Gasteiger partial charge in [0, 0.05) is 25.8 Å². The molecule has 120 valence electrons. The van der Waals surface area contributed by atoms with Gasteiger partial charge in [-0.05, 0) is 56.2 Å². The number of carbonyl (C=O) groups is 1. The van der Waals surface area contributed by atoms with Gasteiger partial charge in [-0.15, -0.1) is 0 Å². The maximum Gasteiger partial charge on any atom is 0.331 e. The molecule has 22 heavy (non-hydrogen) atoms. The first-order valence-electron chi connectivity index (χ1n) is 8.28. The summed E-state index contributed by atoms with van der Waals surface area (Å²) < 4.78 is 1.68. The molecule has 0 bridgehead atoms. The zero-order valence-corrected chi connectivity index (χ0v) is 13.0. The molecule has 3 heterocycles. The van der Waals surface area contributed by atoms with Gasteiger partial charge in [0.1, 0.15) is 0 Å². The number of carboxylic acids is 1. The Morgan fingerprint density at radius 2 is 2.09 bits per heavy atom. The summed E-state index contributed by atoms with van der Waals surface area (Å²) in [6.07, 6.45) is 4.89. The minimum atomic E-state index is -0.855. The van der Waals surface area contributed by atoms with Gasteiger partial charge in [-0.2, -0.15) is 5.10 Å². The van der Waals surface area contributed by atoms with E-state index >= 15 is 0 Å². The molecule has 1 saturated carbocycles. The van der Waals surface area contributed by atoms with Crippen molar-refractivity contribution in [1.29, 1.82) is 0 Å². The number of nitrogens with one attached hydrogen (secondary N) is 1. The molecule has 0 radical (unpaired) electrons. The van der Waals surface area contributed by atoms with Gasteiger partial charge < -0.3 is 15.3 Å². The van der Waals surface area contributed by atoms with Crippen LogP contribution in [0.15, 0.2) is 12.4 Å². The first-order valence-corrected chi connectivity index (χ1v) is 8.28. The van der Waals surface area contributed by atoms with Crippen molar-refractivity contribution in [2.24, 2.45) is 17.8 Å². The van der Waals surface area contributed by atoms with Crippen LogP contribution in [0.2, 0.25) is 0 Å². The normalized spacial score (nSPS) is 33.6. The van der Waals surface area contributed by atoms with Crippen molar-refractivity contribution in [1.82, 2.24) is 20.0 Å². The SMILES string of the molecule is Cc1cnn(C2(C(=O)O)CCN(CC3[C@H]4CNC[C@@H]34)CC2)c1. The summed E-state index contributed by atoms with van der Waals surface area (Å²) >= 11 is 0. The van der Waals surface area contributed by atoms with E-state index in [1.54, 1.807) is 10.9 Å². The molecule has 6 nitrogen and oxygen atoms in total. The summed E-state index contributed by atoms with van der Waals surface area (Å²) in [7, 11) is 0. The highest BCUT2D eigenvalue weighted by molar-refractivity contribution is 5.76. The fourth-order valence-electron chi connectivity index (χ4n) is 4.41. The Hall–Kier alpha value is -1.40. The van der Waals surface area contributed by atoms with Crippen LogP contribution in [0, 0.1) is 24.7 Å². The average Bonchev–Trinajstić information content (AvgIpc) is 2.90. The van der Waals surface area contributed by atoms with Gasteiger partial charge in [-0.1, -0.05) is 0 Å². The van der Waals surface area contributed by atoms with Crippen molar-refractivity contribution < 1.29 is 9.90 Å². The first-order chi connectivity index (χ1) is 10.6. The molecule has 2 aliphatic heterocycles. The smallest absolute Gasteiger partial charge is 0.331 e. The summed E-state index contributed by atoms with van der Waals surface area (Å²) in [6, 6.07) is 0. The number of hydrogen-bond donors (Lipinski definition) is 2. The van der Waals surface area contributed by atoms with E-state index in [4.69, 9.17) is 0 Å². The largest absolute Gasteiger partial charge is 0.479 e. The van der Waals surface area contributed by atoms with Crippen LogP contribution in [0.3, 0.4) is 0 Å². The van der Waals surface area contributed by atoms with Crippen molar-refractivity contribution in [2.75, 3.05) is 32.7 Å². The predicted octanol–water partition coefficient (Wildman–Crippen LogP) is 0.533. The van der Waals surface area contributed by atoms with Crippen molar-refractivity contribution in [3.8, 4) is 0 Å². The maximum absolute atomic E-state index is 11.9. The molecule has 3 fully saturated rings. The van der Waals surface area contributed by atoms with Crippen LogP contribution in [-0.4, -0.2) is 58.5 Å². The van der Waals surface area contributed by atoms with Crippen LogP contribution in [0.4, 0.5) is 0 Å². The van der Waals surface area contributed by atoms with Gasteiger partial charge in [0.25, 0.3) is 0 Å². The number of rotatable bonds is 4. The monoisotopic (exact) mass is 304 g/mol. The zero-order valence-electron chi connectivity index (χ0n) is 13.0. The number of carboxylic acid groups (broad SMARTS) is 1. The van der Waals surface area contributed by atoms with Gasteiger partial charge in [-0.25, -0.2) is 4.79 Å². The molecule has 0 spiro atoms. The van der Waals surface area contributed by atoms with E-state index in [9.17, 15) is 9.90 Å². The van der Waals surface area contributed by atoms with Crippen molar-refractivity contribution in [2.45, 2.75) is 25.3 Å². The number of nitrogens with zero attached hydrogens (tertiary/aromatic N) is 3. The molecule has 3 aliphatic rings. The summed E-state index contributed by atoms with van der Waals surface area (Å²) in [6.45, 7) is 7.16. The van der Waals surface area contributed by atoms with Crippen molar-refractivity contribution in [3.63, 3.8) is 0 Å². The van der Waals surface area contributed by atoms with Gasteiger partial charge >= 0.3 is 5.97 Å². The van der Waals surface area contributed by atoms with Crippen LogP contribution in [0.25, 0.3) is 0 Å². The highest BCUT2D eigenvalue weighted by Crippen LogP contribution is 2.49. The zero-order chi connectivity index (χ0) is 15.3. The molecule has 2 N–H and O–H groups in total. The molecule has 2 saturated heterocycles. The minimum Gasteiger partial charge on any atom is -0.479 e. The van der Waals surface area contributed by atoms with E-state index in [0.717, 1.165) is 43.0 Å². The van der Waals surface area contributed by atoms with E-state index in [-0.39, 0.29) is 0 Å². The number of aromatic nitrogens is 2. The van der Waals surface area contributed by atoms with E-state index in [1.165, 1.54) is 13.1 Å². The lowest BCUT2D eigenvalue weighted by atomic mass is 9.87. The number of hydrogen-bond acceptors (Lipinski definition) is 4. The van der Waals surface area contributed by atoms with Crippen LogP contribution in [0.5, 0.6) is 0 Å². The Morgan fingerprint density at radius 3 is 2.64 bits per heavy atom. The minimum absolute atomic E-state index is 0.643. The summed E-state index contributed by atoms with van der Waals surface area (Å²) in [5, 5.41) is 17.5. The van der Waals surface area contributed by atoms with Gasteiger partial charge in [0.15, 0.2) is 5.54 Å². The Kier molecular flexibility index (Phi) is 3.27. The standard InChI is InChI=1S/C16H24N4O2/c1-11-6-18-20(9-11)16(15(21)22)2-4-19(5-3-16)10-14-12-7-17-8-13(12)14/h6,9,12-14,17H,2-5,7-8,10H2,1H3,(H,21,22)/t12-,13+,14?. The Balaban J connectivity index is 1.41. The highest BCUT2D eigenvalue weighted by atomic mass is 16.4. The Morgan fingerprint density at radius 1 is 1.41 bits per heavy atom.